The number of ether oxygens (including phenoxy) is 1. The second kappa shape index (κ2) is 9.18. The molecule has 28 heavy (non-hydrogen) atoms. The molecular formula is C19H20ClN3O5. The summed E-state index contributed by atoms with van der Waals surface area (Å²) in [6, 6.07) is 8.82. The normalized spacial score (nSPS) is 11.4. The largest absolute Gasteiger partial charge is 0.494 e. The zero-order valence-corrected chi connectivity index (χ0v) is 16.4. The standard InChI is InChI=1S/C19H20ClN3O5/c1-4-28-17-8-5-11(2)9-14(17)12(3)21-18(24)19(25)22-13-6-7-15(20)16(10-13)23(26)27/h5-10,12H,4H2,1-3H3,(H,21,24)(H,22,25). The minimum atomic E-state index is -0.950. The molecule has 2 N–H and O–H groups in total. The predicted molar refractivity (Wildman–Crippen MR) is 106 cm³/mol. The minimum absolute atomic E-state index is 0.0658. The van der Waals surface area contributed by atoms with Crippen LogP contribution in [-0.2, 0) is 9.59 Å². The number of nitrogens with zero attached hydrogens (tertiary/aromatic N) is 1. The first-order chi connectivity index (χ1) is 13.2. The van der Waals surface area contributed by atoms with Crippen molar-refractivity contribution in [2.45, 2.75) is 26.8 Å². The summed E-state index contributed by atoms with van der Waals surface area (Å²) in [5.41, 5.74) is 1.45. The van der Waals surface area contributed by atoms with Crippen LogP contribution in [0.15, 0.2) is 36.4 Å². The van der Waals surface area contributed by atoms with E-state index in [1.54, 1.807) is 6.92 Å². The number of nitro benzene ring substituents is 1. The molecule has 2 aromatic carbocycles. The van der Waals surface area contributed by atoms with E-state index in [9.17, 15) is 19.7 Å². The van der Waals surface area contributed by atoms with Gasteiger partial charge < -0.3 is 15.4 Å². The summed E-state index contributed by atoms with van der Waals surface area (Å²) < 4.78 is 5.57. The van der Waals surface area contributed by atoms with E-state index in [1.165, 1.54) is 12.1 Å². The Morgan fingerprint density at radius 2 is 1.93 bits per heavy atom. The van der Waals surface area contributed by atoms with E-state index in [4.69, 9.17) is 16.3 Å². The van der Waals surface area contributed by atoms with Crippen LogP contribution in [0, 0.1) is 17.0 Å². The molecule has 0 radical (unpaired) electrons. The molecule has 0 aliphatic carbocycles. The van der Waals surface area contributed by atoms with Crippen LogP contribution in [0.25, 0.3) is 0 Å². The van der Waals surface area contributed by atoms with E-state index in [2.05, 4.69) is 10.6 Å². The first kappa shape index (κ1) is 21.2. The molecule has 0 bridgehead atoms. The number of amides is 2. The molecule has 2 rings (SSSR count). The van der Waals surface area contributed by atoms with Crippen molar-refractivity contribution in [3.05, 3.63) is 62.7 Å². The molecule has 1 unspecified atom stereocenters. The molecule has 0 heterocycles. The summed E-state index contributed by atoms with van der Waals surface area (Å²) in [5.74, 6) is -1.21. The maximum absolute atomic E-state index is 12.2. The van der Waals surface area contributed by atoms with Crippen LogP contribution in [0.5, 0.6) is 5.75 Å². The Bertz CT molecular complexity index is 916. The van der Waals surface area contributed by atoms with Crippen molar-refractivity contribution in [2.24, 2.45) is 0 Å². The van der Waals surface area contributed by atoms with Gasteiger partial charge in [0.2, 0.25) is 0 Å². The van der Waals surface area contributed by atoms with Crippen molar-refractivity contribution in [1.82, 2.24) is 5.32 Å². The lowest BCUT2D eigenvalue weighted by atomic mass is 10.0. The lowest BCUT2D eigenvalue weighted by Crippen LogP contribution is -2.37. The zero-order valence-electron chi connectivity index (χ0n) is 15.6. The Labute approximate surface area is 167 Å². The molecule has 2 aromatic rings. The predicted octanol–water partition coefficient (Wildman–Crippen LogP) is 3.77. The van der Waals surface area contributed by atoms with Gasteiger partial charge in [0.25, 0.3) is 5.69 Å². The molecule has 148 valence electrons. The lowest BCUT2D eigenvalue weighted by molar-refractivity contribution is -0.384. The fourth-order valence-electron chi connectivity index (χ4n) is 2.55. The fraction of sp³-hybridized carbons (Fsp3) is 0.263. The Hall–Kier alpha value is -3.13. The second-order valence-electron chi connectivity index (χ2n) is 6.05. The van der Waals surface area contributed by atoms with Gasteiger partial charge in [0.1, 0.15) is 10.8 Å². The molecule has 0 aromatic heterocycles. The van der Waals surface area contributed by atoms with Crippen LogP contribution >= 0.6 is 11.6 Å². The maximum atomic E-state index is 12.2. The number of nitrogens with one attached hydrogen (secondary N) is 2. The van der Waals surface area contributed by atoms with Gasteiger partial charge in [-0.15, -0.1) is 0 Å². The van der Waals surface area contributed by atoms with E-state index in [0.717, 1.165) is 17.2 Å². The number of nitro groups is 1. The van der Waals surface area contributed by atoms with Crippen molar-refractivity contribution in [2.75, 3.05) is 11.9 Å². The van der Waals surface area contributed by atoms with Crippen molar-refractivity contribution < 1.29 is 19.2 Å². The summed E-state index contributed by atoms with van der Waals surface area (Å²) in [7, 11) is 0. The van der Waals surface area contributed by atoms with Crippen LogP contribution in [0.1, 0.15) is 31.0 Å². The third kappa shape index (κ3) is 5.20. The van der Waals surface area contributed by atoms with Crippen LogP contribution < -0.4 is 15.4 Å². The number of anilines is 1. The van der Waals surface area contributed by atoms with Gasteiger partial charge in [-0.1, -0.05) is 29.3 Å². The summed E-state index contributed by atoms with van der Waals surface area (Å²) in [6.45, 7) is 5.96. The summed E-state index contributed by atoms with van der Waals surface area (Å²) >= 11 is 5.73. The molecule has 9 heteroatoms. The quantitative estimate of drug-likeness (QED) is 0.431. The Kier molecular flexibility index (Phi) is 6.94. The number of benzene rings is 2. The van der Waals surface area contributed by atoms with E-state index in [0.29, 0.717) is 12.4 Å². The van der Waals surface area contributed by atoms with Crippen LogP contribution in [-0.4, -0.2) is 23.3 Å². The Morgan fingerprint density at radius 1 is 1.21 bits per heavy atom. The van der Waals surface area contributed by atoms with Gasteiger partial charge in [-0.05, 0) is 39.0 Å². The number of carbonyl (C=O) groups is 2. The van der Waals surface area contributed by atoms with Crippen molar-refractivity contribution in [1.29, 1.82) is 0 Å². The number of hydrogen-bond donors (Lipinski definition) is 2. The molecule has 2 amide bonds. The van der Waals surface area contributed by atoms with Crippen molar-refractivity contribution in [3.8, 4) is 5.75 Å². The smallest absolute Gasteiger partial charge is 0.313 e. The van der Waals surface area contributed by atoms with Crippen LogP contribution in [0.3, 0.4) is 0 Å². The van der Waals surface area contributed by atoms with Gasteiger partial charge in [-0.3, -0.25) is 19.7 Å². The first-order valence-electron chi connectivity index (χ1n) is 8.52. The Morgan fingerprint density at radius 3 is 2.57 bits per heavy atom. The van der Waals surface area contributed by atoms with Gasteiger partial charge in [-0.2, -0.15) is 0 Å². The molecular weight excluding hydrogens is 386 g/mol. The molecule has 0 spiro atoms. The molecule has 1 atom stereocenters. The van der Waals surface area contributed by atoms with Gasteiger partial charge in [0.15, 0.2) is 0 Å². The molecule has 8 nitrogen and oxygen atoms in total. The average Bonchev–Trinajstić information content (AvgIpc) is 2.64. The van der Waals surface area contributed by atoms with E-state index in [1.807, 2.05) is 32.0 Å². The molecule has 0 saturated carbocycles. The van der Waals surface area contributed by atoms with E-state index < -0.39 is 22.8 Å². The number of rotatable bonds is 6. The summed E-state index contributed by atoms with van der Waals surface area (Å²) in [5, 5.41) is 15.8. The Balaban J connectivity index is 2.10. The van der Waals surface area contributed by atoms with E-state index in [-0.39, 0.29) is 16.4 Å². The lowest BCUT2D eigenvalue weighted by Gasteiger charge is -2.18. The van der Waals surface area contributed by atoms with Gasteiger partial charge in [0, 0.05) is 17.3 Å². The number of hydrogen-bond acceptors (Lipinski definition) is 5. The average molecular weight is 406 g/mol. The van der Waals surface area contributed by atoms with Gasteiger partial charge in [0.05, 0.1) is 17.6 Å². The van der Waals surface area contributed by atoms with Gasteiger partial charge in [-0.25, -0.2) is 0 Å². The third-order valence-corrected chi connectivity index (χ3v) is 4.21. The second-order valence-corrected chi connectivity index (χ2v) is 6.45. The topological polar surface area (TPSA) is 111 Å². The number of aryl methyl sites for hydroxylation is 1. The summed E-state index contributed by atoms with van der Waals surface area (Å²) in [4.78, 5) is 34.7. The molecule has 0 fully saturated rings. The fourth-order valence-corrected chi connectivity index (χ4v) is 2.74. The van der Waals surface area contributed by atoms with Crippen LogP contribution in [0.2, 0.25) is 5.02 Å². The highest BCUT2D eigenvalue weighted by Gasteiger charge is 2.21. The SMILES string of the molecule is CCOc1ccc(C)cc1C(C)NC(=O)C(=O)Nc1ccc(Cl)c([N+](=O)[O-])c1. The molecule has 0 saturated heterocycles. The number of halogens is 1. The zero-order chi connectivity index (χ0) is 20.8. The number of carbonyl (C=O) groups excluding carboxylic acids is 2. The highest BCUT2D eigenvalue weighted by molar-refractivity contribution is 6.39. The minimum Gasteiger partial charge on any atom is -0.494 e. The first-order valence-corrected chi connectivity index (χ1v) is 8.89. The molecule has 0 aliphatic heterocycles. The maximum Gasteiger partial charge on any atom is 0.313 e. The molecule has 0 aliphatic rings. The monoisotopic (exact) mass is 405 g/mol. The highest BCUT2D eigenvalue weighted by atomic mass is 35.5. The van der Waals surface area contributed by atoms with E-state index >= 15 is 0 Å². The third-order valence-electron chi connectivity index (χ3n) is 3.89. The van der Waals surface area contributed by atoms with Gasteiger partial charge >= 0.3 is 11.8 Å². The van der Waals surface area contributed by atoms with Crippen molar-refractivity contribution >= 4 is 34.8 Å². The van der Waals surface area contributed by atoms with Crippen molar-refractivity contribution in [3.63, 3.8) is 0 Å². The summed E-state index contributed by atoms with van der Waals surface area (Å²) in [6.07, 6.45) is 0. The highest BCUT2D eigenvalue weighted by Crippen LogP contribution is 2.28. The van der Waals surface area contributed by atoms with Crippen LogP contribution in [0.4, 0.5) is 11.4 Å².